The molecule has 0 spiro atoms. The van der Waals surface area contributed by atoms with Gasteiger partial charge in [-0.2, -0.15) is 0 Å². The number of aliphatic carboxylic acids is 1. The number of benzene rings is 2. The van der Waals surface area contributed by atoms with Crippen LogP contribution in [0.3, 0.4) is 0 Å². The van der Waals surface area contributed by atoms with Crippen molar-refractivity contribution in [1.82, 2.24) is 10.6 Å². The van der Waals surface area contributed by atoms with Gasteiger partial charge in [0.2, 0.25) is 5.91 Å². The molecular weight excluding hydrogens is 446 g/mol. The highest BCUT2D eigenvalue weighted by atomic mass is 19.3. The lowest BCUT2D eigenvalue weighted by atomic mass is 9.79. The third-order valence-electron chi connectivity index (χ3n) is 7.14. The zero-order chi connectivity index (χ0) is 24.0. The number of fused-ring (bicyclic) bond motifs is 3. The van der Waals surface area contributed by atoms with Gasteiger partial charge in [0.25, 0.3) is 5.92 Å². The Bertz CT molecular complexity index is 1100. The van der Waals surface area contributed by atoms with Gasteiger partial charge in [0.15, 0.2) is 0 Å². The normalized spacial score (nSPS) is 25.9. The molecular formula is C25H24F2N2O5. The van der Waals surface area contributed by atoms with Crippen molar-refractivity contribution in [3.8, 4) is 11.1 Å². The van der Waals surface area contributed by atoms with E-state index < -0.39 is 41.6 Å². The average Bonchev–Trinajstić information content (AvgIpc) is 3.20. The number of ether oxygens (including phenoxy) is 1. The second-order valence-corrected chi connectivity index (χ2v) is 9.18. The molecule has 3 aliphatic rings. The fourth-order valence-corrected chi connectivity index (χ4v) is 5.09. The van der Waals surface area contributed by atoms with Crippen molar-refractivity contribution < 1.29 is 33.0 Å². The maximum atomic E-state index is 13.4. The van der Waals surface area contributed by atoms with Gasteiger partial charge in [-0.3, -0.25) is 9.59 Å². The van der Waals surface area contributed by atoms with Crippen LogP contribution in [0.25, 0.3) is 11.1 Å². The minimum Gasteiger partial charge on any atom is -0.481 e. The van der Waals surface area contributed by atoms with E-state index in [-0.39, 0.29) is 25.1 Å². The van der Waals surface area contributed by atoms with Gasteiger partial charge in [-0.15, -0.1) is 0 Å². The monoisotopic (exact) mass is 470 g/mol. The number of carbonyl (C=O) groups excluding carboxylic acids is 2. The highest BCUT2D eigenvalue weighted by molar-refractivity contribution is 5.81. The molecule has 0 aromatic heterocycles. The van der Waals surface area contributed by atoms with Crippen molar-refractivity contribution in [2.45, 2.75) is 30.7 Å². The maximum absolute atomic E-state index is 13.4. The summed E-state index contributed by atoms with van der Waals surface area (Å²) in [5, 5.41) is 13.9. The number of nitrogens with one attached hydrogen (secondary N) is 2. The molecule has 9 heteroatoms. The van der Waals surface area contributed by atoms with Crippen LogP contribution in [0, 0.1) is 17.8 Å². The summed E-state index contributed by atoms with van der Waals surface area (Å²) in [6.45, 7) is -0.180. The summed E-state index contributed by atoms with van der Waals surface area (Å²) < 4.78 is 32.3. The first kappa shape index (κ1) is 22.3. The number of rotatable bonds is 7. The summed E-state index contributed by atoms with van der Waals surface area (Å²) >= 11 is 0. The fraction of sp³-hybridized carbons (Fsp3) is 0.400. The molecule has 0 aliphatic heterocycles. The summed E-state index contributed by atoms with van der Waals surface area (Å²) in [5.74, 6) is -8.81. The molecule has 0 saturated heterocycles. The average molecular weight is 470 g/mol. The number of amides is 2. The third-order valence-corrected chi connectivity index (χ3v) is 7.14. The van der Waals surface area contributed by atoms with E-state index in [9.17, 15) is 23.2 Å². The van der Waals surface area contributed by atoms with Gasteiger partial charge in [0.1, 0.15) is 12.5 Å². The molecule has 2 amide bonds. The Morgan fingerprint density at radius 1 is 1.00 bits per heavy atom. The molecule has 7 nitrogen and oxygen atoms in total. The first-order chi connectivity index (χ1) is 16.3. The van der Waals surface area contributed by atoms with Gasteiger partial charge in [0, 0.05) is 24.4 Å². The van der Waals surface area contributed by atoms with Crippen LogP contribution in [-0.2, 0) is 14.3 Å². The molecule has 2 fully saturated rings. The lowest BCUT2D eigenvalue weighted by Gasteiger charge is -2.34. The van der Waals surface area contributed by atoms with E-state index in [1.807, 2.05) is 36.4 Å². The van der Waals surface area contributed by atoms with Crippen LogP contribution in [0.5, 0.6) is 0 Å². The number of hydrogen-bond acceptors (Lipinski definition) is 4. The Kier molecular flexibility index (Phi) is 5.50. The number of carbonyl (C=O) groups is 3. The Morgan fingerprint density at radius 2 is 1.59 bits per heavy atom. The molecule has 2 saturated carbocycles. The zero-order valence-electron chi connectivity index (χ0n) is 18.2. The number of carboxylic acid groups (broad SMARTS) is 1. The maximum Gasteiger partial charge on any atom is 0.407 e. The Hall–Kier alpha value is -3.49. The molecule has 34 heavy (non-hydrogen) atoms. The summed E-state index contributed by atoms with van der Waals surface area (Å²) in [4.78, 5) is 35.3. The van der Waals surface area contributed by atoms with Crippen LogP contribution < -0.4 is 10.6 Å². The van der Waals surface area contributed by atoms with E-state index in [2.05, 4.69) is 22.8 Å². The molecule has 0 bridgehead atoms. The van der Waals surface area contributed by atoms with Crippen molar-refractivity contribution >= 4 is 18.0 Å². The Balaban J connectivity index is 1.06. The van der Waals surface area contributed by atoms with Gasteiger partial charge in [-0.05, 0) is 35.1 Å². The number of carboxylic acids is 1. The van der Waals surface area contributed by atoms with Crippen LogP contribution in [0.2, 0.25) is 0 Å². The van der Waals surface area contributed by atoms with Gasteiger partial charge in [0.05, 0.1) is 5.92 Å². The molecule has 3 N–H and O–H groups in total. The van der Waals surface area contributed by atoms with Crippen LogP contribution in [0.15, 0.2) is 48.5 Å². The van der Waals surface area contributed by atoms with E-state index in [0.717, 1.165) is 22.3 Å². The van der Waals surface area contributed by atoms with E-state index in [4.69, 9.17) is 9.84 Å². The van der Waals surface area contributed by atoms with E-state index in [1.54, 1.807) is 0 Å². The molecule has 3 aliphatic carbocycles. The van der Waals surface area contributed by atoms with Crippen LogP contribution >= 0.6 is 0 Å². The first-order valence-electron chi connectivity index (χ1n) is 11.3. The summed E-state index contributed by atoms with van der Waals surface area (Å²) in [5.41, 5.74) is 4.50. The summed E-state index contributed by atoms with van der Waals surface area (Å²) in [6, 6.07) is 15.8. The van der Waals surface area contributed by atoms with Gasteiger partial charge >= 0.3 is 12.1 Å². The lowest BCUT2D eigenvalue weighted by molar-refractivity contribution is -0.141. The minimum atomic E-state index is -3.28. The SMILES string of the molecule is O=C(NC1CC(C(=O)NCC2C(C(=O)O)C2(F)F)C1)OCC1c2ccccc2-c2ccccc21. The number of alkyl carbamates (subject to hydrolysis) is 1. The largest absolute Gasteiger partial charge is 0.481 e. The van der Waals surface area contributed by atoms with Crippen LogP contribution in [0.4, 0.5) is 13.6 Å². The lowest BCUT2D eigenvalue weighted by Crippen LogP contribution is -2.50. The van der Waals surface area contributed by atoms with Crippen LogP contribution in [0.1, 0.15) is 29.9 Å². The fourth-order valence-electron chi connectivity index (χ4n) is 5.09. The third kappa shape index (κ3) is 3.89. The summed E-state index contributed by atoms with van der Waals surface area (Å²) in [6.07, 6.45) is 0.187. The standard InChI is InChI=1S/C25H24F2N2O5/c26-25(27)20(21(25)23(31)32)11-28-22(30)13-9-14(10-13)29-24(33)34-12-19-17-7-3-1-5-15(17)16-6-2-4-8-18(16)19/h1-8,13-14,19-21H,9-12H2,(H,28,30)(H,29,33)(H,31,32). The predicted molar refractivity (Wildman–Crippen MR) is 117 cm³/mol. The molecule has 2 atom stereocenters. The Labute approximate surface area is 194 Å². The highest BCUT2D eigenvalue weighted by Gasteiger charge is 2.72. The van der Waals surface area contributed by atoms with E-state index in [1.165, 1.54) is 0 Å². The molecule has 2 aromatic rings. The second kappa shape index (κ2) is 8.38. The van der Waals surface area contributed by atoms with Crippen molar-refractivity contribution in [1.29, 1.82) is 0 Å². The molecule has 178 valence electrons. The molecule has 2 aromatic carbocycles. The predicted octanol–water partition coefficient (Wildman–Crippen LogP) is 3.39. The van der Waals surface area contributed by atoms with Crippen molar-refractivity contribution in [3.05, 3.63) is 59.7 Å². The minimum absolute atomic E-state index is 0.0479. The molecule has 0 heterocycles. The van der Waals surface area contributed by atoms with Crippen LogP contribution in [-0.4, -0.2) is 48.2 Å². The quantitative estimate of drug-likeness (QED) is 0.576. The summed E-state index contributed by atoms with van der Waals surface area (Å²) in [7, 11) is 0. The van der Waals surface area contributed by atoms with Gasteiger partial charge in [-0.25, -0.2) is 13.6 Å². The number of halogens is 2. The second-order valence-electron chi connectivity index (χ2n) is 9.18. The topological polar surface area (TPSA) is 105 Å². The smallest absolute Gasteiger partial charge is 0.407 e. The number of hydrogen-bond donors (Lipinski definition) is 3. The van der Waals surface area contributed by atoms with Gasteiger partial charge < -0.3 is 20.5 Å². The van der Waals surface area contributed by atoms with Crippen molar-refractivity contribution in [3.63, 3.8) is 0 Å². The zero-order valence-corrected chi connectivity index (χ0v) is 18.2. The highest BCUT2D eigenvalue weighted by Crippen LogP contribution is 2.55. The number of alkyl halides is 2. The Morgan fingerprint density at radius 3 is 2.15 bits per heavy atom. The van der Waals surface area contributed by atoms with Gasteiger partial charge in [-0.1, -0.05) is 48.5 Å². The van der Waals surface area contributed by atoms with Crippen molar-refractivity contribution in [2.24, 2.45) is 17.8 Å². The van der Waals surface area contributed by atoms with Crippen molar-refractivity contribution in [2.75, 3.05) is 13.2 Å². The van der Waals surface area contributed by atoms with E-state index in [0.29, 0.717) is 12.8 Å². The molecule has 2 unspecified atom stereocenters. The molecule has 5 rings (SSSR count). The molecule has 0 radical (unpaired) electrons. The van der Waals surface area contributed by atoms with E-state index >= 15 is 0 Å². The first-order valence-corrected chi connectivity index (χ1v) is 11.3.